The Morgan fingerprint density at radius 3 is 2.90 bits per heavy atom. The number of nitrogens with two attached hydrogens (primary N) is 1. The van der Waals surface area contributed by atoms with E-state index >= 15 is 0 Å². The van der Waals surface area contributed by atoms with Gasteiger partial charge in [-0.25, -0.2) is 15.8 Å². The van der Waals surface area contributed by atoms with Crippen LogP contribution in [0.15, 0.2) is 30.3 Å². The van der Waals surface area contributed by atoms with Crippen molar-refractivity contribution in [1.82, 2.24) is 9.97 Å². The number of aromatic nitrogens is 2. The van der Waals surface area contributed by atoms with Crippen LogP contribution < -0.4 is 21.3 Å². The fourth-order valence-electron chi connectivity index (χ4n) is 2.47. The van der Waals surface area contributed by atoms with Crippen molar-refractivity contribution in [1.29, 1.82) is 0 Å². The largest absolute Gasteiger partial charge is 0.493 e. The van der Waals surface area contributed by atoms with E-state index in [1.807, 2.05) is 31.2 Å². The molecular weight excluding hydrogens is 266 g/mol. The lowest BCUT2D eigenvalue weighted by Gasteiger charge is -2.27. The van der Waals surface area contributed by atoms with Gasteiger partial charge in [-0.15, -0.1) is 0 Å². The highest BCUT2D eigenvalue weighted by atomic mass is 16.5. The van der Waals surface area contributed by atoms with Crippen LogP contribution in [-0.4, -0.2) is 16.6 Å². The highest BCUT2D eigenvalue weighted by Gasteiger charge is 2.21. The average Bonchev–Trinajstić information content (AvgIpc) is 2.55. The summed E-state index contributed by atoms with van der Waals surface area (Å²) in [6.07, 6.45) is 1.66. The number of hydrazine groups is 1. The number of para-hydroxylation sites is 1. The molecule has 6 nitrogen and oxygen atoms in total. The van der Waals surface area contributed by atoms with Crippen LogP contribution in [0.3, 0.4) is 0 Å². The number of nitrogen functional groups attached to an aromatic ring is 1. The third-order valence-electron chi connectivity index (χ3n) is 3.52. The Kier molecular flexibility index (Phi) is 3.87. The Bertz CT molecular complexity index is 609. The number of nitrogens with zero attached hydrogens (tertiary/aromatic N) is 2. The van der Waals surface area contributed by atoms with E-state index in [-0.39, 0.29) is 6.04 Å². The molecule has 1 atom stereocenters. The zero-order valence-corrected chi connectivity index (χ0v) is 12.0. The van der Waals surface area contributed by atoms with E-state index in [9.17, 15) is 0 Å². The third-order valence-corrected chi connectivity index (χ3v) is 3.52. The van der Waals surface area contributed by atoms with Gasteiger partial charge in [-0.05, 0) is 6.07 Å². The molecule has 0 aliphatic carbocycles. The molecule has 1 aromatic carbocycles. The normalized spacial score (nSPS) is 16.8. The van der Waals surface area contributed by atoms with E-state index in [4.69, 9.17) is 10.6 Å². The second-order valence-corrected chi connectivity index (χ2v) is 4.92. The van der Waals surface area contributed by atoms with E-state index in [0.29, 0.717) is 12.4 Å². The lowest BCUT2D eigenvalue weighted by Crippen LogP contribution is -2.21. The summed E-state index contributed by atoms with van der Waals surface area (Å²) in [6, 6.07) is 10.1. The predicted octanol–water partition coefficient (Wildman–Crippen LogP) is 2.26. The first kappa shape index (κ1) is 13.6. The number of benzene rings is 1. The number of nitrogens with one attached hydrogen (secondary N) is 2. The third kappa shape index (κ3) is 2.90. The van der Waals surface area contributed by atoms with E-state index < -0.39 is 0 Å². The lowest BCUT2D eigenvalue weighted by molar-refractivity contribution is 0.274. The van der Waals surface area contributed by atoms with Crippen molar-refractivity contribution in [3.63, 3.8) is 0 Å². The van der Waals surface area contributed by atoms with Gasteiger partial charge in [-0.3, -0.25) is 0 Å². The number of hydrogen-bond donors (Lipinski definition) is 3. The van der Waals surface area contributed by atoms with Gasteiger partial charge in [0.1, 0.15) is 23.2 Å². The summed E-state index contributed by atoms with van der Waals surface area (Å²) in [7, 11) is 0. The van der Waals surface area contributed by atoms with E-state index in [1.165, 1.54) is 0 Å². The summed E-state index contributed by atoms with van der Waals surface area (Å²) < 4.78 is 5.68. The van der Waals surface area contributed by atoms with Crippen LogP contribution in [0.4, 0.5) is 11.6 Å². The number of rotatable bonds is 4. The van der Waals surface area contributed by atoms with Crippen molar-refractivity contribution in [2.75, 3.05) is 17.3 Å². The summed E-state index contributed by atoms with van der Waals surface area (Å²) in [5.41, 5.74) is 3.74. The van der Waals surface area contributed by atoms with Gasteiger partial charge in [-0.1, -0.05) is 25.1 Å². The molecular formula is C15H19N5O. The molecule has 0 bridgehead atoms. The summed E-state index contributed by atoms with van der Waals surface area (Å²) in [5, 5.41) is 3.46. The quantitative estimate of drug-likeness (QED) is 0.590. The van der Waals surface area contributed by atoms with Crippen LogP contribution in [0.25, 0.3) is 0 Å². The summed E-state index contributed by atoms with van der Waals surface area (Å²) >= 11 is 0. The van der Waals surface area contributed by atoms with Gasteiger partial charge in [0.05, 0.1) is 12.6 Å². The monoisotopic (exact) mass is 285 g/mol. The lowest BCUT2D eigenvalue weighted by atomic mass is 10.0. The number of aryl methyl sites for hydroxylation is 1. The maximum absolute atomic E-state index is 5.68. The minimum absolute atomic E-state index is 0.181. The second-order valence-electron chi connectivity index (χ2n) is 4.92. The fraction of sp³-hybridized carbons (Fsp3) is 0.333. The first-order chi connectivity index (χ1) is 10.3. The Hall–Kier alpha value is -2.34. The highest BCUT2D eigenvalue weighted by molar-refractivity contribution is 5.50. The van der Waals surface area contributed by atoms with Gasteiger partial charge in [-0.2, -0.15) is 0 Å². The summed E-state index contributed by atoms with van der Waals surface area (Å²) in [5.74, 6) is 8.55. The minimum Gasteiger partial charge on any atom is -0.493 e. The standard InChI is InChI=1S/C15H19N5O/c1-2-13-18-14(9-15(19-13)20-16)17-11-7-8-21-12-6-4-3-5-10(11)12/h3-6,9,11H,2,7-8,16H2,1H3,(H2,17,18,19,20). The molecule has 1 aliphatic heterocycles. The molecule has 0 amide bonds. The molecule has 0 saturated heterocycles. The van der Waals surface area contributed by atoms with E-state index in [1.54, 1.807) is 0 Å². The molecule has 1 aromatic heterocycles. The van der Waals surface area contributed by atoms with Gasteiger partial charge in [0.15, 0.2) is 0 Å². The highest BCUT2D eigenvalue weighted by Crippen LogP contribution is 2.33. The maximum atomic E-state index is 5.68. The van der Waals surface area contributed by atoms with Crippen LogP contribution in [0, 0.1) is 0 Å². The SMILES string of the molecule is CCc1nc(NN)cc(NC2CCOc3ccccc32)n1. The molecule has 0 saturated carbocycles. The molecule has 3 rings (SSSR count). The van der Waals surface area contributed by atoms with Crippen molar-refractivity contribution in [2.45, 2.75) is 25.8 Å². The predicted molar refractivity (Wildman–Crippen MR) is 82.1 cm³/mol. The number of ether oxygens (including phenoxy) is 1. The molecule has 6 heteroatoms. The number of anilines is 2. The minimum atomic E-state index is 0.181. The van der Waals surface area contributed by atoms with Gasteiger partial charge in [0, 0.05) is 24.5 Å². The number of fused-ring (bicyclic) bond motifs is 1. The molecule has 1 aliphatic rings. The van der Waals surface area contributed by atoms with Crippen LogP contribution in [0.5, 0.6) is 5.75 Å². The molecule has 0 spiro atoms. The van der Waals surface area contributed by atoms with Crippen LogP contribution in [-0.2, 0) is 6.42 Å². The molecule has 0 radical (unpaired) electrons. The molecule has 21 heavy (non-hydrogen) atoms. The molecule has 0 fully saturated rings. The zero-order chi connectivity index (χ0) is 14.7. The van der Waals surface area contributed by atoms with Crippen molar-refractivity contribution in [3.8, 4) is 5.75 Å². The Balaban J connectivity index is 1.87. The van der Waals surface area contributed by atoms with Gasteiger partial charge < -0.3 is 15.5 Å². The molecule has 2 aromatic rings. The molecule has 110 valence electrons. The van der Waals surface area contributed by atoms with Crippen LogP contribution in [0.2, 0.25) is 0 Å². The maximum Gasteiger partial charge on any atom is 0.145 e. The smallest absolute Gasteiger partial charge is 0.145 e. The van der Waals surface area contributed by atoms with Gasteiger partial charge in [0.2, 0.25) is 0 Å². The van der Waals surface area contributed by atoms with E-state index in [0.717, 1.165) is 35.8 Å². The molecule has 4 N–H and O–H groups in total. The topological polar surface area (TPSA) is 85.1 Å². The molecule has 1 unspecified atom stereocenters. The first-order valence-electron chi connectivity index (χ1n) is 7.13. The second kappa shape index (κ2) is 5.97. The van der Waals surface area contributed by atoms with Crippen molar-refractivity contribution < 1.29 is 4.74 Å². The zero-order valence-electron chi connectivity index (χ0n) is 12.0. The van der Waals surface area contributed by atoms with Crippen LogP contribution in [0.1, 0.15) is 30.8 Å². The summed E-state index contributed by atoms with van der Waals surface area (Å²) in [4.78, 5) is 8.80. The first-order valence-corrected chi connectivity index (χ1v) is 7.13. The van der Waals surface area contributed by atoms with Crippen molar-refractivity contribution in [3.05, 3.63) is 41.7 Å². The Morgan fingerprint density at radius 1 is 1.29 bits per heavy atom. The van der Waals surface area contributed by atoms with Crippen molar-refractivity contribution in [2.24, 2.45) is 5.84 Å². The fourth-order valence-corrected chi connectivity index (χ4v) is 2.47. The van der Waals surface area contributed by atoms with Crippen molar-refractivity contribution >= 4 is 11.6 Å². The van der Waals surface area contributed by atoms with Gasteiger partial charge in [0.25, 0.3) is 0 Å². The summed E-state index contributed by atoms with van der Waals surface area (Å²) in [6.45, 7) is 2.71. The van der Waals surface area contributed by atoms with E-state index in [2.05, 4.69) is 26.8 Å². The van der Waals surface area contributed by atoms with Gasteiger partial charge >= 0.3 is 0 Å². The Labute approximate surface area is 123 Å². The Morgan fingerprint density at radius 2 is 2.10 bits per heavy atom. The average molecular weight is 285 g/mol. The molecule has 2 heterocycles. The number of hydrogen-bond acceptors (Lipinski definition) is 6. The van der Waals surface area contributed by atoms with Crippen LogP contribution >= 0.6 is 0 Å².